The van der Waals surface area contributed by atoms with Crippen LogP contribution in [0.15, 0.2) is 0 Å². The van der Waals surface area contributed by atoms with E-state index in [-0.39, 0.29) is 6.61 Å². The standard InChI is InChI=1S/C12H22F3NO/c1-10-3-2-4-11(9-10)16-6-8-17-7-5-12(13,14)15/h10-11,16H,2-9H2,1H3. The summed E-state index contributed by atoms with van der Waals surface area (Å²) in [5, 5.41) is 3.34. The maximum Gasteiger partial charge on any atom is 0.391 e. The lowest BCUT2D eigenvalue weighted by Crippen LogP contribution is -2.35. The molecule has 0 saturated heterocycles. The average Bonchev–Trinajstić information content (AvgIpc) is 2.22. The van der Waals surface area contributed by atoms with Crippen molar-refractivity contribution in [3.8, 4) is 0 Å². The van der Waals surface area contributed by atoms with Crippen LogP contribution >= 0.6 is 0 Å². The quantitative estimate of drug-likeness (QED) is 0.734. The van der Waals surface area contributed by atoms with Gasteiger partial charge in [-0.1, -0.05) is 19.8 Å². The Morgan fingerprint density at radius 3 is 2.65 bits per heavy atom. The summed E-state index contributed by atoms with van der Waals surface area (Å²) in [6, 6.07) is 0.518. The third kappa shape index (κ3) is 7.60. The zero-order chi connectivity index (χ0) is 12.7. The minimum absolute atomic E-state index is 0.230. The number of rotatable bonds is 6. The van der Waals surface area contributed by atoms with Crippen LogP contribution in [0.2, 0.25) is 0 Å². The zero-order valence-electron chi connectivity index (χ0n) is 10.4. The molecule has 0 bridgehead atoms. The first kappa shape index (κ1) is 14.8. The molecule has 1 fully saturated rings. The normalized spacial score (nSPS) is 26.1. The van der Waals surface area contributed by atoms with Gasteiger partial charge >= 0.3 is 6.18 Å². The first-order chi connectivity index (χ1) is 7.97. The predicted molar refractivity (Wildman–Crippen MR) is 60.9 cm³/mol. The van der Waals surface area contributed by atoms with E-state index in [1.165, 1.54) is 25.7 Å². The van der Waals surface area contributed by atoms with E-state index in [2.05, 4.69) is 12.2 Å². The van der Waals surface area contributed by atoms with Crippen LogP contribution in [0.5, 0.6) is 0 Å². The summed E-state index contributed by atoms with van der Waals surface area (Å²) in [6.07, 6.45) is -0.0802. The summed E-state index contributed by atoms with van der Waals surface area (Å²) in [5.74, 6) is 0.757. The predicted octanol–water partition coefficient (Wildman–Crippen LogP) is 3.12. The zero-order valence-corrected chi connectivity index (χ0v) is 10.4. The number of hydrogen-bond donors (Lipinski definition) is 1. The molecule has 0 spiro atoms. The molecule has 5 heteroatoms. The maximum atomic E-state index is 11.8. The molecule has 0 aromatic carbocycles. The lowest BCUT2D eigenvalue weighted by molar-refractivity contribution is -0.145. The highest BCUT2D eigenvalue weighted by Crippen LogP contribution is 2.23. The minimum Gasteiger partial charge on any atom is -0.380 e. The molecular weight excluding hydrogens is 231 g/mol. The van der Waals surface area contributed by atoms with Gasteiger partial charge < -0.3 is 10.1 Å². The van der Waals surface area contributed by atoms with Crippen LogP contribution in [0.4, 0.5) is 13.2 Å². The van der Waals surface area contributed by atoms with Gasteiger partial charge in [0, 0.05) is 12.6 Å². The molecule has 1 rings (SSSR count). The molecule has 0 aromatic rings. The Balaban J connectivity index is 1.93. The van der Waals surface area contributed by atoms with Crippen LogP contribution in [0, 0.1) is 5.92 Å². The van der Waals surface area contributed by atoms with Crippen molar-refractivity contribution in [3.05, 3.63) is 0 Å². The fourth-order valence-corrected chi connectivity index (χ4v) is 2.24. The van der Waals surface area contributed by atoms with E-state index in [9.17, 15) is 13.2 Å². The summed E-state index contributed by atoms with van der Waals surface area (Å²) in [7, 11) is 0. The lowest BCUT2D eigenvalue weighted by Gasteiger charge is -2.27. The van der Waals surface area contributed by atoms with Gasteiger partial charge in [-0.15, -0.1) is 0 Å². The highest BCUT2D eigenvalue weighted by molar-refractivity contribution is 4.75. The van der Waals surface area contributed by atoms with E-state index in [1.54, 1.807) is 0 Å². The second-order valence-corrected chi connectivity index (χ2v) is 4.90. The van der Waals surface area contributed by atoms with Crippen LogP contribution in [-0.2, 0) is 4.74 Å². The number of alkyl halides is 3. The summed E-state index contributed by atoms with van der Waals surface area (Å²) < 4.78 is 40.4. The summed E-state index contributed by atoms with van der Waals surface area (Å²) in [4.78, 5) is 0. The molecule has 2 unspecified atom stereocenters. The van der Waals surface area contributed by atoms with E-state index < -0.39 is 12.6 Å². The van der Waals surface area contributed by atoms with Gasteiger partial charge in [0.25, 0.3) is 0 Å². The number of halogens is 3. The first-order valence-corrected chi connectivity index (χ1v) is 6.35. The molecule has 0 amide bonds. The van der Waals surface area contributed by atoms with Crippen molar-refractivity contribution in [1.29, 1.82) is 0 Å². The molecule has 1 N–H and O–H groups in total. The molecule has 0 aromatic heterocycles. The minimum atomic E-state index is -4.10. The van der Waals surface area contributed by atoms with Gasteiger partial charge in [0.15, 0.2) is 0 Å². The van der Waals surface area contributed by atoms with E-state index in [0.717, 1.165) is 5.92 Å². The van der Waals surface area contributed by atoms with Crippen molar-refractivity contribution >= 4 is 0 Å². The second kappa shape index (κ2) is 7.21. The smallest absolute Gasteiger partial charge is 0.380 e. The number of ether oxygens (including phenoxy) is 1. The van der Waals surface area contributed by atoms with E-state index in [0.29, 0.717) is 19.2 Å². The molecule has 0 radical (unpaired) electrons. The fraction of sp³-hybridized carbons (Fsp3) is 1.00. The Hall–Kier alpha value is -0.290. The fourth-order valence-electron chi connectivity index (χ4n) is 2.24. The third-order valence-electron chi connectivity index (χ3n) is 3.15. The molecule has 17 heavy (non-hydrogen) atoms. The Labute approximate surface area is 101 Å². The third-order valence-corrected chi connectivity index (χ3v) is 3.15. The summed E-state index contributed by atoms with van der Waals surface area (Å²) in [5.41, 5.74) is 0. The highest BCUT2D eigenvalue weighted by Gasteiger charge is 2.26. The largest absolute Gasteiger partial charge is 0.391 e. The SMILES string of the molecule is CC1CCCC(NCCOCCC(F)(F)F)C1. The van der Waals surface area contributed by atoms with Gasteiger partial charge in [0.05, 0.1) is 19.6 Å². The van der Waals surface area contributed by atoms with Crippen molar-refractivity contribution in [2.24, 2.45) is 5.92 Å². The van der Waals surface area contributed by atoms with E-state index in [1.807, 2.05) is 0 Å². The van der Waals surface area contributed by atoms with Gasteiger partial charge in [0.2, 0.25) is 0 Å². The summed E-state index contributed by atoms with van der Waals surface area (Å²) >= 11 is 0. The van der Waals surface area contributed by atoms with Crippen molar-refractivity contribution < 1.29 is 17.9 Å². The van der Waals surface area contributed by atoms with Gasteiger partial charge in [-0.3, -0.25) is 0 Å². The molecular formula is C12H22F3NO. The Morgan fingerprint density at radius 2 is 2.00 bits per heavy atom. The monoisotopic (exact) mass is 253 g/mol. The van der Waals surface area contributed by atoms with Crippen LogP contribution in [0.1, 0.15) is 39.0 Å². The molecule has 0 heterocycles. The number of hydrogen-bond acceptors (Lipinski definition) is 2. The van der Waals surface area contributed by atoms with Crippen molar-refractivity contribution in [2.45, 2.75) is 51.2 Å². The molecule has 102 valence electrons. The molecule has 2 atom stereocenters. The van der Waals surface area contributed by atoms with Crippen LogP contribution in [0.25, 0.3) is 0 Å². The Kier molecular flexibility index (Phi) is 6.27. The summed E-state index contributed by atoms with van der Waals surface area (Å²) in [6.45, 7) is 3.02. The molecule has 1 saturated carbocycles. The van der Waals surface area contributed by atoms with E-state index in [4.69, 9.17) is 4.74 Å². The van der Waals surface area contributed by atoms with Gasteiger partial charge in [-0.25, -0.2) is 0 Å². The van der Waals surface area contributed by atoms with Crippen molar-refractivity contribution in [1.82, 2.24) is 5.32 Å². The molecule has 1 aliphatic carbocycles. The van der Waals surface area contributed by atoms with Crippen LogP contribution < -0.4 is 5.32 Å². The Morgan fingerprint density at radius 1 is 1.24 bits per heavy atom. The second-order valence-electron chi connectivity index (χ2n) is 4.90. The molecule has 0 aliphatic heterocycles. The van der Waals surface area contributed by atoms with Crippen LogP contribution in [-0.4, -0.2) is 32.0 Å². The van der Waals surface area contributed by atoms with E-state index >= 15 is 0 Å². The van der Waals surface area contributed by atoms with Crippen molar-refractivity contribution in [3.63, 3.8) is 0 Å². The lowest BCUT2D eigenvalue weighted by atomic mass is 9.87. The highest BCUT2D eigenvalue weighted by atomic mass is 19.4. The first-order valence-electron chi connectivity index (χ1n) is 6.35. The average molecular weight is 253 g/mol. The molecule has 2 nitrogen and oxygen atoms in total. The van der Waals surface area contributed by atoms with Gasteiger partial charge in [0.1, 0.15) is 0 Å². The van der Waals surface area contributed by atoms with Crippen LogP contribution in [0.3, 0.4) is 0 Å². The Bertz CT molecular complexity index is 208. The van der Waals surface area contributed by atoms with Gasteiger partial charge in [-0.05, 0) is 18.8 Å². The molecule has 1 aliphatic rings. The van der Waals surface area contributed by atoms with Crippen molar-refractivity contribution in [2.75, 3.05) is 19.8 Å². The van der Waals surface area contributed by atoms with Gasteiger partial charge in [-0.2, -0.15) is 13.2 Å². The maximum absolute atomic E-state index is 11.8. The number of nitrogens with one attached hydrogen (secondary N) is 1. The topological polar surface area (TPSA) is 21.3 Å².